The van der Waals surface area contributed by atoms with Gasteiger partial charge in [0.1, 0.15) is 11.4 Å². The zero-order valence-corrected chi connectivity index (χ0v) is 41.9. The molecule has 0 saturated carbocycles. The SMILES string of the molecule is CC(C)CCN1/C(=C\C(=O)c2ccccn2)C(Cc2ccccc2)(Cc2ccccc2)c2cc(Cl)ccc21.CN1/C(=C\C(=O)c2ccccn2)C(C)(Cc2ccccc2)c2c1ccc1ccccc21.[Co]. The zero-order chi connectivity index (χ0) is 48.0. The van der Waals surface area contributed by atoms with Crippen LogP contribution in [0.15, 0.2) is 218 Å². The molecule has 70 heavy (non-hydrogen) atoms. The molecule has 0 fully saturated rings. The fourth-order valence-electron chi connectivity index (χ4n) is 10.4. The average Bonchev–Trinajstić information content (AvgIpc) is 3.73. The fourth-order valence-corrected chi connectivity index (χ4v) is 10.6. The number of pyridine rings is 2. The molecule has 0 aliphatic carbocycles. The first-order valence-electron chi connectivity index (χ1n) is 23.8. The van der Waals surface area contributed by atoms with Crippen LogP contribution >= 0.6 is 11.6 Å². The Bertz CT molecular complexity index is 3100. The fraction of sp³-hybridized carbons (Fsp3) is 0.194. The van der Waals surface area contributed by atoms with Crippen molar-refractivity contribution in [2.45, 2.75) is 57.3 Å². The third kappa shape index (κ3) is 10.3. The van der Waals surface area contributed by atoms with E-state index in [1.165, 1.54) is 38.6 Å². The number of likely N-dealkylation sites (N-methyl/N-ethyl adjacent to an activating group) is 1. The second-order valence-electron chi connectivity index (χ2n) is 18.9. The predicted molar refractivity (Wildman–Crippen MR) is 283 cm³/mol. The first-order chi connectivity index (χ1) is 33.5. The Labute approximate surface area is 428 Å². The van der Waals surface area contributed by atoms with Crippen LogP contribution in [-0.4, -0.2) is 35.1 Å². The van der Waals surface area contributed by atoms with Crippen molar-refractivity contribution in [3.63, 3.8) is 0 Å². The first-order valence-corrected chi connectivity index (χ1v) is 24.2. The van der Waals surface area contributed by atoms with E-state index in [1.54, 1.807) is 30.6 Å². The molecule has 2 aliphatic heterocycles. The van der Waals surface area contributed by atoms with Crippen LogP contribution in [0, 0.1) is 5.92 Å². The Balaban J connectivity index is 0.000000189. The Morgan fingerprint density at radius 2 is 1.10 bits per heavy atom. The minimum atomic E-state index is -0.482. The van der Waals surface area contributed by atoms with Crippen LogP contribution in [0.4, 0.5) is 11.4 Å². The van der Waals surface area contributed by atoms with Crippen LogP contribution in [0.5, 0.6) is 0 Å². The number of carbonyl (C=O) groups excluding carboxylic acids is 2. The van der Waals surface area contributed by atoms with Gasteiger partial charge in [0.2, 0.25) is 11.6 Å². The minimum absolute atomic E-state index is 0. The van der Waals surface area contributed by atoms with E-state index in [0.717, 1.165) is 55.0 Å². The predicted octanol–water partition coefficient (Wildman–Crippen LogP) is 14.0. The Kier molecular flexibility index (Phi) is 15.4. The summed E-state index contributed by atoms with van der Waals surface area (Å²) in [5, 5.41) is 3.15. The normalized spacial score (nSPS) is 16.7. The molecular weight excluding hydrogens is 927 g/mol. The van der Waals surface area contributed by atoms with Crippen molar-refractivity contribution in [1.82, 2.24) is 9.97 Å². The number of fused-ring (bicyclic) bond motifs is 4. The number of hydrogen-bond donors (Lipinski definition) is 0. The van der Waals surface area contributed by atoms with Gasteiger partial charge in [-0.15, -0.1) is 0 Å². The number of allylic oxidation sites excluding steroid dienone is 4. The first kappa shape index (κ1) is 49.5. The molecule has 6 nitrogen and oxygen atoms in total. The molecular formula is C62H57ClCoN4O2. The smallest absolute Gasteiger partial charge is 0.205 e. The number of rotatable bonds is 13. The number of benzene rings is 6. The summed E-state index contributed by atoms with van der Waals surface area (Å²) in [6.07, 6.45) is 10.3. The quantitative estimate of drug-likeness (QED) is 0.0847. The van der Waals surface area contributed by atoms with E-state index in [4.69, 9.17) is 11.6 Å². The Hall–Kier alpha value is -6.90. The van der Waals surface area contributed by atoms with Crippen LogP contribution in [0.2, 0.25) is 5.02 Å². The van der Waals surface area contributed by atoms with E-state index in [9.17, 15) is 9.59 Å². The van der Waals surface area contributed by atoms with Gasteiger partial charge in [-0.1, -0.05) is 159 Å². The van der Waals surface area contributed by atoms with E-state index in [0.29, 0.717) is 22.3 Å². The maximum atomic E-state index is 13.7. The molecule has 2 aliphatic rings. The average molecular weight is 985 g/mol. The van der Waals surface area contributed by atoms with Crippen LogP contribution in [0.25, 0.3) is 10.8 Å². The minimum Gasteiger partial charge on any atom is -0.347 e. The summed E-state index contributed by atoms with van der Waals surface area (Å²) in [5.74, 6) is 0.370. The second-order valence-corrected chi connectivity index (χ2v) is 19.3. The van der Waals surface area contributed by atoms with Crippen molar-refractivity contribution in [2.24, 2.45) is 5.92 Å². The van der Waals surface area contributed by atoms with Crippen LogP contribution in [0.3, 0.4) is 0 Å². The number of carbonyl (C=O) groups is 2. The van der Waals surface area contributed by atoms with Crippen molar-refractivity contribution in [1.29, 1.82) is 0 Å². The number of hydrogen-bond acceptors (Lipinski definition) is 6. The largest absolute Gasteiger partial charge is 0.347 e. The molecule has 353 valence electrons. The van der Waals surface area contributed by atoms with Gasteiger partial charge >= 0.3 is 0 Å². The molecule has 0 spiro atoms. The molecule has 1 unspecified atom stereocenters. The topological polar surface area (TPSA) is 66.4 Å². The molecule has 0 amide bonds. The molecule has 2 aromatic heterocycles. The van der Waals surface area contributed by atoms with Crippen molar-refractivity contribution in [3.05, 3.63) is 262 Å². The van der Waals surface area contributed by atoms with Crippen molar-refractivity contribution in [2.75, 3.05) is 23.4 Å². The van der Waals surface area contributed by atoms with Gasteiger partial charge in [-0.05, 0) is 126 Å². The second kappa shape index (κ2) is 21.8. The van der Waals surface area contributed by atoms with E-state index in [1.807, 2.05) is 54.6 Å². The maximum absolute atomic E-state index is 13.7. The molecule has 8 aromatic rings. The van der Waals surface area contributed by atoms with E-state index < -0.39 is 5.41 Å². The van der Waals surface area contributed by atoms with Gasteiger partial charge < -0.3 is 9.80 Å². The standard InChI is InChI=1S/C34H33ClN2O.C28H24N2O.Co/c1-25(2)18-20-37-31-17-16-28(35)21-29(31)34(23-26-11-5-3-6-12-26,24-27-13-7-4-8-14-27)33(37)22-32(38)30-15-9-10-19-36-30;1-28(19-20-10-4-3-5-11-20)26(18-25(31)23-14-8-9-17-29-23)30(2)24-16-15-21-12-6-7-13-22(21)27(24)28;/h3-17,19,21-22,25H,18,20,23-24H2,1-2H3;3-18H,19H2,1-2H3;/b33-22-;26-18-;. The molecule has 8 heteroatoms. The number of aromatic nitrogens is 2. The molecule has 4 heterocycles. The third-order valence-electron chi connectivity index (χ3n) is 13.7. The molecule has 0 saturated heterocycles. The van der Waals surface area contributed by atoms with Crippen LogP contribution in [0.1, 0.15) is 76.0 Å². The number of nitrogens with zero attached hydrogens (tertiary/aromatic N) is 4. The third-order valence-corrected chi connectivity index (χ3v) is 13.9. The molecule has 6 aromatic carbocycles. The van der Waals surface area contributed by atoms with Crippen molar-refractivity contribution in [3.8, 4) is 0 Å². The van der Waals surface area contributed by atoms with Gasteiger partial charge in [-0.25, -0.2) is 0 Å². The van der Waals surface area contributed by atoms with Gasteiger partial charge in [-0.3, -0.25) is 19.6 Å². The number of anilines is 2. The van der Waals surface area contributed by atoms with Crippen molar-refractivity contribution >= 4 is 45.3 Å². The molecule has 0 bridgehead atoms. The molecule has 1 atom stereocenters. The van der Waals surface area contributed by atoms with E-state index >= 15 is 0 Å². The summed E-state index contributed by atoms with van der Waals surface area (Å²) in [6, 6.07) is 61.6. The Morgan fingerprint density at radius 3 is 1.64 bits per heavy atom. The summed E-state index contributed by atoms with van der Waals surface area (Å²) in [6.45, 7) is 7.55. The molecule has 1 radical (unpaired) electrons. The van der Waals surface area contributed by atoms with E-state index in [-0.39, 0.29) is 33.8 Å². The summed E-state index contributed by atoms with van der Waals surface area (Å²) in [4.78, 5) is 40.0. The van der Waals surface area contributed by atoms with Gasteiger partial charge in [-0.2, -0.15) is 0 Å². The monoisotopic (exact) mass is 983 g/mol. The molecule has 10 rings (SSSR count). The van der Waals surface area contributed by atoms with Gasteiger partial charge in [0.05, 0.1) is 0 Å². The summed E-state index contributed by atoms with van der Waals surface area (Å²) in [5.41, 5.74) is 10.5. The number of ketones is 2. The number of halogens is 1. The van der Waals surface area contributed by atoms with Gasteiger partial charge in [0, 0.05) is 93.5 Å². The summed E-state index contributed by atoms with van der Waals surface area (Å²) < 4.78 is 0. The van der Waals surface area contributed by atoms with Crippen molar-refractivity contribution < 1.29 is 26.4 Å². The summed E-state index contributed by atoms with van der Waals surface area (Å²) in [7, 11) is 2.06. The zero-order valence-electron chi connectivity index (χ0n) is 40.1. The maximum Gasteiger partial charge on any atom is 0.205 e. The van der Waals surface area contributed by atoms with Gasteiger partial charge in [0.15, 0.2) is 0 Å². The van der Waals surface area contributed by atoms with Crippen LogP contribution in [-0.2, 0) is 46.9 Å². The summed E-state index contributed by atoms with van der Waals surface area (Å²) >= 11 is 6.67. The van der Waals surface area contributed by atoms with Crippen LogP contribution < -0.4 is 9.80 Å². The van der Waals surface area contributed by atoms with Gasteiger partial charge in [0.25, 0.3) is 0 Å². The van der Waals surface area contributed by atoms with E-state index in [2.05, 4.69) is 169 Å². The molecule has 0 N–H and O–H groups in total. The Morgan fingerprint density at radius 1 is 0.600 bits per heavy atom.